The highest BCUT2D eigenvalue weighted by atomic mass is 16.4. The number of carboxylic acid groups (broad SMARTS) is 1. The van der Waals surface area contributed by atoms with Crippen molar-refractivity contribution in [2.24, 2.45) is 11.8 Å². The van der Waals surface area contributed by atoms with Crippen molar-refractivity contribution in [1.82, 2.24) is 5.32 Å². The number of rotatable bonds is 3. The molecule has 0 bridgehead atoms. The van der Waals surface area contributed by atoms with Crippen LogP contribution < -0.4 is 5.32 Å². The van der Waals surface area contributed by atoms with Crippen LogP contribution >= 0.6 is 0 Å². The second-order valence-electron chi connectivity index (χ2n) is 5.52. The molecular formula is C13H23NO2. The van der Waals surface area contributed by atoms with Gasteiger partial charge in [0.25, 0.3) is 0 Å². The van der Waals surface area contributed by atoms with Gasteiger partial charge in [-0.15, -0.1) is 0 Å². The van der Waals surface area contributed by atoms with Gasteiger partial charge in [-0.1, -0.05) is 26.2 Å². The first-order valence-corrected chi connectivity index (χ1v) is 6.67. The zero-order chi connectivity index (χ0) is 11.5. The molecule has 0 aromatic heterocycles. The summed E-state index contributed by atoms with van der Waals surface area (Å²) in [7, 11) is 0. The molecule has 2 saturated carbocycles. The maximum Gasteiger partial charge on any atom is 0.308 e. The van der Waals surface area contributed by atoms with Crippen LogP contribution in [-0.4, -0.2) is 23.2 Å². The van der Waals surface area contributed by atoms with Crippen LogP contribution in [0.3, 0.4) is 0 Å². The van der Waals surface area contributed by atoms with Gasteiger partial charge in [-0.05, 0) is 31.6 Å². The minimum atomic E-state index is -0.620. The van der Waals surface area contributed by atoms with E-state index in [1.54, 1.807) is 0 Å². The van der Waals surface area contributed by atoms with Gasteiger partial charge >= 0.3 is 5.97 Å². The Hall–Kier alpha value is -0.570. The van der Waals surface area contributed by atoms with E-state index in [0.29, 0.717) is 12.0 Å². The van der Waals surface area contributed by atoms with Crippen molar-refractivity contribution in [3.63, 3.8) is 0 Å². The predicted octanol–water partition coefficient (Wildman–Crippen LogP) is 2.41. The Bertz CT molecular complexity index is 254. The van der Waals surface area contributed by atoms with E-state index in [2.05, 4.69) is 12.2 Å². The van der Waals surface area contributed by atoms with E-state index in [4.69, 9.17) is 5.11 Å². The summed E-state index contributed by atoms with van der Waals surface area (Å²) < 4.78 is 0. The lowest BCUT2D eigenvalue weighted by Crippen LogP contribution is -2.52. The van der Waals surface area contributed by atoms with Gasteiger partial charge < -0.3 is 10.4 Å². The summed E-state index contributed by atoms with van der Waals surface area (Å²) in [6.07, 6.45) is 8.40. The van der Waals surface area contributed by atoms with Crippen LogP contribution in [0.4, 0.5) is 0 Å². The van der Waals surface area contributed by atoms with Gasteiger partial charge in [0.2, 0.25) is 0 Å². The smallest absolute Gasteiger partial charge is 0.308 e. The molecule has 0 aromatic carbocycles. The molecule has 2 aliphatic rings. The van der Waals surface area contributed by atoms with Crippen LogP contribution in [0.15, 0.2) is 0 Å². The van der Waals surface area contributed by atoms with E-state index in [9.17, 15) is 4.79 Å². The van der Waals surface area contributed by atoms with Crippen molar-refractivity contribution in [3.8, 4) is 0 Å². The van der Waals surface area contributed by atoms with Gasteiger partial charge in [0.15, 0.2) is 0 Å². The Balaban J connectivity index is 1.85. The third kappa shape index (κ3) is 2.57. The van der Waals surface area contributed by atoms with Crippen molar-refractivity contribution in [2.45, 2.75) is 64.0 Å². The zero-order valence-electron chi connectivity index (χ0n) is 10.1. The summed E-state index contributed by atoms with van der Waals surface area (Å²) in [6.45, 7) is 2.30. The Kier molecular flexibility index (Phi) is 3.85. The summed E-state index contributed by atoms with van der Waals surface area (Å²) in [6, 6.07) is 0.790. The molecule has 0 saturated heterocycles. The first-order chi connectivity index (χ1) is 7.68. The number of carbonyl (C=O) groups is 1. The van der Waals surface area contributed by atoms with Crippen molar-refractivity contribution in [3.05, 3.63) is 0 Å². The van der Waals surface area contributed by atoms with Crippen LogP contribution in [0.5, 0.6) is 0 Å². The van der Waals surface area contributed by atoms with Gasteiger partial charge in [0, 0.05) is 12.1 Å². The molecule has 2 N–H and O–H groups in total. The molecule has 0 amide bonds. The fourth-order valence-electron chi connectivity index (χ4n) is 3.01. The normalized spacial score (nSPS) is 39.8. The minimum absolute atomic E-state index is 0.129. The van der Waals surface area contributed by atoms with Crippen molar-refractivity contribution in [2.75, 3.05) is 0 Å². The average Bonchev–Trinajstić information content (AvgIpc) is 2.37. The van der Waals surface area contributed by atoms with E-state index in [1.165, 1.54) is 32.1 Å². The Morgan fingerprint density at radius 3 is 2.44 bits per heavy atom. The molecule has 0 aromatic rings. The molecule has 16 heavy (non-hydrogen) atoms. The molecule has 3 nitrogen and oxygen atoms in total. The summed E-state index contributed by atoms with van der Waals surface area (Å²) in [5.74, 6) is -0.0435. The van der Waals surface area contributed by atoms with Crippen LogP contribution in [0.2, 0.25) is 0 Å². The number of nitrogens with one attached hydrogen (secondary N) is 1. The highest BCUT2D eigenvalue weighted by molar-refractivity contribution is 5.72. The lowest BCUT2D eigenvalue weighted by atomic mass is 9.78. The highest BCUT2D eigenvalue weighted by Gasteiger charge is 2.38. The minimum Gasteiger partial charge on any atom is -0.481 e. The lowest BCUT2D eigenvalue weighted by molar-refractivity contribution is -0.146. The Morgan fingerprint density at radius 1 is 1.06 bits per heavy atom. The fourth-order valence-corrected chi connectivity index (χ4v) is 3.01. The first kappa shape index (κ1) is 11.9. The van der Waals surface area contributed by atoms with Crippen molar-refractivity contribution < 1.29 is 9.90 Å². The molecular weight excluding hydrogens is 202 g/mol. The molecule has 2 rings (SSSR count). The van der Waals surface area contributed by atoms with Crippen LogP contribution in [0, 0.1) is 11.8 Å². The number of aliphatic carboxylic acids is 1. The standard InChI is InChI=1S/C13H23NO2/c1-9-5-3-2-4-6-11(9)14-12-8-7-10(12)13(15)16/h9-12,14H,2-8H2,1H3,(H,15,16). The van der Waals surface area contributed by atoms with Crippen molar-refractivity contribution in [1.29, 1.82) is 0 Å². The van der Waals surface area contributed by atoms with Gasteiger partial charge in [0.05, 0.1) is 5.92 Å². The maximum atomic E-state index is 10.9. The predicted molar refractivity (Wildman–Crippen MR) is 63.3 cm³/mol. The molecule has 92 valence electrons. The molecule has 2 fully saturated rings. The van der Waals surface area contributed by atoms with E-state index < -0.39 is 5.97 Å². The van der Waals surface area contributed by atoms with Crippen LogP contribution in [0.1, 0.15) is 51.9 Å². The summed E-state index contributed by atoms with van der Waals surface area (Å²) in [5.41, 5.74) is 0. The fraction of sp³-hybridized carbons (Fsp3) is 0.923. The van der Waals surface area contributed by atoms with Gasteiger partial charge in [-0.3, -0.25) is 4.79 Å². The molecule has 3 heteroatoms. The number of hydrogen-bond acceptors (Lipinski definition) is 2. The van der Waals surface area contributed by atoms with Gasteiger partial charge in [0.1, 0.15) is 0 Å². The highest BCUT2D eigenvalue weighted by Crippen LogP contribution is 2.31. The van der Waals surface area contributed by atoms with E-state index in [0.717, 1.165) is 12.8 Å². The second kappa shape index (κ2) is 5.17. The summed E-state index contributed by atoms with van der Waals surface area (Å²) in [4.78, 5) is 10.9. The average molecular weight is 225 g/mol. The summed E-state index contributed by atoms with van der Waals surface area (Å²) >= 11 is 0. The van der Waals surface area contributed by atoms with Crippen LogP contribution in [0.25, 0.3) is 0 Å². The van der Waals surface area contributed by atoms with E-state index in [1.807, 2.05) is 0 Å². The van der Waals surface area contributed by atoms with Crippen molar-refractivity contribution >= 4 is 5.97 Å². The van der Waals surface area contributed by atoms with Gasteiger partial charge in [-0.2, -0.15) is 0 Å². The number of carboxylic acids is 1. The topological polar surface area (TPSA) is 49.3 Å². The third-order valence-corrected chi connectivity index (χ3v) is 4.38. The second-order valence-corrected chi connectivity index (χ2v) is 5.52. The lowest BCUT2D eigenvalue weighted by Gasteiger charge is -2.38. The first-order valence-electron chi connectivity index (χ1n) is 6.67. The SMILES string of the molecule is CC1CCCCCC1NC1CCC1C(=O)O. The van der Waals surface area contributed by atoms with Gasteiger partial charge in [-0.25, -0.2) is 0 Å². The monoisotopic (exact) mass is 225 g/mol. The Labute approximate surface area is 97.6 Å². The molecule has 2 aliphatic carbocycles. The summed E-state index contributed by atoms with van der Waals surface area (Å²) in [5, 5.41) is 12.6. The molecule has 0 heterocycles. The maximum absolute atomic E-state index is 10.9. The molecule has 0 radical (unpaired) electrons. The Morgan fingerprint density at radius 2 is 1.81 bits per heavy atom. The van der Waals surface area contributed by atoms with E-state index >= 15 is 0 Å². The molecule has 0 spiro atoms. The zero-order valence-corrected chi connectivity index (χ0v) is 10.1. The largest absolute Gasteiger partial charge is 0.481 e. The van der Waals surface area contributed by atoms with E-state index in [-0.39, 0.29) is 12.0 Å². The molecule has 4 unspecified atom stereocenters. The third-order valence-electron chi connectivity index (χ3n) is 4.38. The number of hydrogen-bond donors (Lipinski definition) is 2. The molecule has 4 atom stereocenters. The molecule has 0 aliphatic heterocycles. The van der Waals surface area contributed by atoms with Crippen LogP contribution in [-0.2, 0) is 4.79 Å². The quantitative estimate of drug-likeness (QED) is 0.725.